The van der Waals surface area contributed by atoms with E-state index in [0.29, 0.717) is 18.8 Å². The van der Waals surface area contributed by atoms with Gasteiger partial charge in [-0.3, -0.25) is 14.5 Å². The topological polar surface area (TPSA) is 52.7 Å². The number of nitrogens with zero attached hydrogens (tertiary/aromatic N) is 2. The summed E-state index contributed by atoms with van der Waals surface area (Å²) in [5, 5.41) is 2.64. The van der Waals surface area contributed by atoms with E-state index in [4.69, 9.17) is 0 Å². The predicted octanol–water partition coefficient (Wildman–Crippen LogP) is 3.44. The summed E-state index contributed by atoms with van der Waals surface area (Å²) in [5.74, 6) is -0.724. The lowest BCUT2D eigenvalue weighted by atomic mass is 10.1. The van der Waals surface area contributed by atoms with E-state index in [1.165, 1.54) is 23.8 Å². The average molecular weight is 385 g/mol. The van der Waals surface area contributed by atoms with Gasteiger partial charge in [0.15, 0.2) is 0 Å². The van der Waals surface area contributed by atoms with E-state index in [0.717, 1.165) is 12.0 Å². The number of amides is 2. The molecule has 0 spiro atoms. The van der Waals surface area contributed by atoms with Crippen molar-refractivity contribution in [1.82, 2.24) is 9.80 Å². The molecule has 2 aromatic rings. The van der Waals surface area contributed by atoms with E-state index in [9.17, 15) is 14.0 Å². The molecule has 0 aliphatic carbocycles. The van der Waals surface area contributed by atoms with Crippen LogP contribution in [0.25, 0.3) is 0 Å². The van der Waals surface area contributed by atoms with Crippen LogP contribution in [0.4, 0.5) is 10.1 Å². The molecule has 2 aromatic carbocycles. The summed E-state index contributed by atoms with van der Waals surface area (Å²) in [6.45, 7) is 5.47. The van der Waals surface area contributed by atoms with E-state index < -0.39 is 5.82 Å². The minimum atomic E-state index is -0.410. The van der Waals surface area contributed by atoms with E-state index in [2.05, 4.69) is 5.32 Å². The molecule has 0 saturated heterocycles. The summed E-state index contributed by atoms with van der Waals surface area (Å²) in [5.41, 5.74) is 2.66. The van der Waals surface area contributed by atoms with E-state index in [1.54, 1.807) is 18.0 Å². The Morgan fingerprint density at radius 2 is 1.79 bits per heavy atom. The van der Waals surface area contributed by atoms with Crippen LogP contribution in [-0.2, 0) is 16.1 Å². The number of halogens is 1. The Morgan fingerprint density at radius 3 is 2.43 bits per heavy atom. The minimum absolute atomic E-state index is 0.0246. The van der Waals surface area contributed by atoms with Gasteiger partial charge in [-0.1, -0.05) is 42.8 Å². The Hall–Kier alpha value is -2.73. The highest BCUT2D eigenvalue weighted by molar-refractivity contribution is 5.92. The van der Waals surface area contributed by atoms with Crippen LogP contribution in [0.3, 0.4) is 0 Å². The molecule has 0 fully saturated rings. The molecule has 0 aliphatic rings. The van der Waals surface area contributed by atoms with Crippen LogP contribution in [0.2, 0.25) is 0 Å². The third kappa shape index (κ3) is 7.12. The number of benzene rings is 2. The number of carbonyl (C=O) groups excluding carboxylic acids is 2. The van der Waals surface area contributed by atoms with Gasteiger partial charge in [0.25, 0.3) is 0 Å². The summed E-state index contributed by atoms with van der Waals surface area (Å²) in [6, 6.07) is 13.9. The SMILES string of the molecule is CCCN(Cc1ccc(C)cc1)C(=O)CN(C)CC(=O)Nc1cccc(F)c1. The van der Waals surface area contributed by atoms with Crippen molar-refractivity contribution in [2.75, 3.05) is 32.0 Å². The van der Waals surface area contributed by atoms with Crippen molar-refractivity contribution in [1.29, 1.82) is 0 Å². The first kappa shape index (κ1) is 21.6. The second-order valence-electron chi connectivity index (χ2n) is 7.03. The summed E-state index contributed by atoms with van der Waals surface area (Å²) in [4.78, 5) is 28.3. The minimum Gasteiger partial charge on any atom is -0.337 e. The van der Waals surface area contributed by atoms with Crippen LogP contribution < -0.4 is 5.32 Å². The van der Waals surface area contributed by atoms with E-state index >= 15 is 0 Å². The summed E-state index contributed by atoms with van der Waals surface area (Å²) >= 11 is 0. The molecule has 0 heterocycles. The zero-order valence-electron chi connectivity index (χ0n) is 16.7. The maximum absolute atomic E-state index is 13.2. The number of rotatable bonds is 9. The van der Waals surface area contributed by atoms with E-state index in [-0.39, 0.29) is 24.9 Å². The maximum atomic E-state index is 13.2. The third-order valence-corrected chi connectivity index (χ3v) is 4.27. The molecule has 0 bridgehead atoms. The number of anilines is 1. The Bertz CT molecular complexity index is 793. The van der Waals surface area contributed by atoms with Crippen molar-refractivity contribution in [2.45, 2.75) is 26.8 Å². The second kappa shape index (κ2) is 10.6. The average Bonchev–Trinajstić information content (AvgIpc) is 2.62. The number of likely N-dealkylation sites (N-methyl/N-ethyl adjacent to an activating group) is 1. The molecular weight excluding hydrogens is 357 g/mol. The smallest absolute Gasteiger partial charge is 0.238 e. The molecule has 2 amide bonds. The highest BCUT2D eigenvalue weighted by Crippen LogP contribution is 2.10. The lowest BCUT2D eigenvalue weighted by Crippen LogP contribution is -2.41. The highest BCUT2D eigenvalue weighted by atomic mass is 19.1. The van der Waals surface area contributed by atoms with Crippen molar-refractivity contribution in [3.05, 3.63) is 65.5 Å². The standard InChI is InChI=1S/C22H28FN3O2/c1-4-12-26(14-18-10-8-17(2)9-11-18)22(28)16-25(3)15-21(27)24-20-7-5-6-19(23)13-20/h5-11,13H,4,12,14-16H2,1-3H3,(H,24,27). The van der Waals surface area contributed by atoms with Crippen LogP contribution in [0, 0.1) is 12.7 Å². The van der Waals surface area contributed by atoms with Crippen LogP contribution in [0.5, 0.6) is 0 Å². The van der Waals surface area contributed by atoms with Gasteiger partial charge in [-0.15, -0.1) is 0 Å². The number of hydrogen-bond acceptors (Lipinski definition) is 3. The molecule has 5 nitrogen and oxygen atoms in total. The Balaban J connectivity index is 1.88. The van der Waals surface area contributed by atoms with Gasteiger partial charge in [-0.25, -0.2) is 4.39 Å². The second-order valence-corrected chi connectivity index (χ2v) is 7.03. The van der Waals surface area contributed by atoms with Gasteiger partial charge in [-0.2, -0.15) is 0 Å². The van der Waals surface area contributed by atoms with Crippen molar-refractivity contribution < 1.29 is 14.0 Å². The first-order chi connectivity index (χ1) is 13.4. The van der Waals surface area contributed by atoms with Gasteiger partial charge < -0.3 is 10.2 Å². The molecular formula is C22H28FN3O2. The molecule has 2 rings (SSSR count). The zero-order valence-corrected chi connectivity index (χ0v) is 16.7. The summed E-state index contributed by atoms with van der Waals surface area (Å²) in [6.07, 6.45) is 0.862. The van der Waals surface area contributed by atoms with Gasteiger partial charge in [0.2, 0.25) is 11.8 Å². The van der Waals surface area contributed by atoms with Crippen molar-refractivity contribution >= 4 is 17.5 Å². The van der Waals surface area contributed by atoms with Crippen LogP contribution in [-0.4, -0.2) is 48.3 Å². The fourth-order valence-electron chi connectivity index (χ4n) is 2.87. The summed E-state index contributed by atoms with van der Waals surface area (Å²) in [7, 11) is 1.72. The largest absolute Gasteiger partial charge is 0.337 e. The van der Waals surface area contributed by atoms with Gasteiger partial charge >= 0.3 is 0 Å². The molecule has 0 saturated carbocycles. The van der Waals surface area contributed by atoms with Gasteiger partial charge in [-0.05, 0) is 44.2 Å². The molecule has 1 N–H and O–H groups in total. The molecule has 28 heavy (non-hydrogen) atoms. The van der Waals surface area contributed by atoms with E-state index in [1.807, 2.05) is 43.0 Å². The fraction of sp³-hybridized carbons (Fsp3) is 0.364. The van der Waals surface area contributed by atoms with Crippen molar-refractivity contribution in [3.8, 4) is 0 Å². The monoisotopic (exact) mass is 385 g/mol. The number of aryl methyl sites for hydroxylation is 1. The first-order valence-corrected chi connectivity index (χ1v) is 9.44. The molecule has 0 aliphatic heterocycles. The van der Waals surface area contributed by atoms with Crippen molar-refractivity contribution in [3.63, 3.8) is 0 Å². The fourth-order valence-corrected chi connectivity index (χ4v) is 2.87. The van der Waals surface area contributed by atoms with Crippen molar-refractivity contribution in [2.24, 2.45) is 0 Å². The Kier molecular flexibility index (Phi) is 8.14. The number of nitrogens with one attached hydrogen (secondary N) is 1. The van der Waals surface area contributed by atoms with Crippen LogP contribution in [0.15, 0.2) is 48.5 Å². The first-order valence-electron chi connectivity index (χ1n) is 9.44. The Labute approximate surface area is 166 Å². The highest BCUT2D eigenvalue weighted by Gasteiger charge is 2.17. The Morgan fingerprint density at radius 1 is 1.07 bits per heavy atom. The number of hydrogen-bond donors (Lipinski definition) is 1. The van der Waals surface area contributed by atoms with Crippen LogP contribution >= 0.6 is 0 Å². The third-order valence-electron chi connectivity index (χ3n) is 4.27. The van der Waals surface area contributed by atoms with Crippen LogP contribution in [0.1, 0.15) is 24.5 Å². The molecule has 0 unspecified atom stereocenters. The molecule has 0 atom stereocenters. The summed E-state index contributed by atoms with van der Waals surface area (Å²) < 4.78 is 13.2. The quantitative estimate of drug-likeness (QED) is 0.719. The molecule has 0 aromatic heterocycles. The molecule has 150 valence electrons. The lowest BCUT2D eigenvalue weighted by molar-refractivity contribution is -0.133. The maximum Gasteiger partial charge on any atom is 0.238 e. The normalized spacial score (nSPS) is 10.8. The number of carbonyl (C=O) groups is 2. The molecule has 0 radical (unpaired) electrons. The lowest BCUT2D eigenvalue weighted by Gasteiger charge is -2.25. The zero-order chi connectivity index (χ0) is 20.5. The van der Waals surface area contributed by atoms with Gasteiger partial charge in [0.05, 0.1) is 13.1 Å². The van der Waals surface area contributed by atoms with Gasteiger partial charge in [0, 0.05) is 18.8 Å². The molecule has 6 heteroatoms. The predicted molar refractivity (Wildman–Crippen MR) is 109 cm³/mol. The van der Waals surface area contributed by atoms with Gasteiger partial charge in [0.1, 0.15) is 5.82 Å².